The minimum Gasteiger partial charge on any atom is -0.306 e. The van der Waals surface area contributed by atoms with Crippen molar-refractivity contribution in [3.05, 3.63) is 33.8 Å². The normalized spacial score (nSPS) is 26.1. The Morgan fingerprint density at radius 1 is 1.31 bits per heavy atom. The zero-order valence-corrected chi connectivity index (χ0v) is 8.97. The van der Waals surface area contributed by atoms with Crippen LogP contribution in [0.15, 0.2) is 22.7 Å². The molecule has 1 unspecified atom stereocenters. The molecule has 1 nitrogen and oxygen atoms in total. The summed E-state index contributed by atoms with van der Waals surface area (Å²) >= 11 is 3.51. The zero-order valence-electron chi connectivity index (χ0n) is 7.39. The van der Waals surface area contributed by atoms with Gasteiger partial charge in [0.15, 0.2) is 0 Å². The van der Waals surface area contributed by atoms with Crippen LogP contribution in [-0.4, -0.2) is 0 Å². The average Bonchev–Trinajstić information content (AvgIpc) is 2.87. The summed E-state index contributed by atoms with van der Waals surface area (Å²) in [5.74, 6) is 0.919. The molecule has 0 bridgehead atoms. The molecule has 0 radical (unpaired) electrons. The van der Waals surface area contributed by atoms with Crippen molar-refractivity contribution >= 4 is 15.9 Å². The molecule has 1 aromatic rings. The third kappa shape index (κ3) is 1.32. The first-order valence-corrected chi connectivity index (χ1v) is 5.65. The molecule has 0 aromatic heterocycles. The molecule has 68 valence electrons. The Morgan fingerprint density at radius 3 is 2.92 bits per heavy atom. The van der Waals surface area contributed by atoms with Crippen LogP contribution in [0.1, 0.15) is 30.0 Å². The molecule has 1 aromatic carbocycles. The molecule has 3 rings (SSSR count). The van der Waals surface area contributed by atoms with E-state index in [1.165, 1.54) is 28.4 Å². The van der Waals surface area contributed by atoms with Gasteiger partial charge in [-0.15, -0.1) is 0 Å². The van der Waals surface area contributed by atoms with Gasteiger partial charge in [0, 0.05) is 17.1 Å². The van der Waals surface area contributed by atoms with Gasteiger partial charge in [-0.2, -0.15) is 0 Å². The van der Waals surface area contributed by atoms with Crippen molar-refractivity contribution in [2.75, 3.05) is 0 Å². The molecular weight excluding hydrogens is 226 g/mol. The van der Waals surface area contributed by atoms with Gasteiger partial charge in [-0.1, -0.05) is 22.0 Å². The maximum Gasteiger partial charge on any atom is 0.0354 e. The second-order valence-corrected chi connectivity index (χ2v) is 4.95. The van der Waals surface area contributed by atoms with Gasteiger partial charge < -0.3 is 5.32 Å². The van der Waals surface area contributed by atoms with E-state index in [1.54, 1.807) is 0 Å². The first-order valence-electron chi connectivity index (χ1n) is 4.86. The van der Waals surface area contributed by atoms with Crippen LogP contribution in [0.3, 0.4) is 0 Å². The smallest absolute Gasteiger partial charge is 0.0354 e. The van der Waals surface area contributed by atoms with Crippen molar-refractivity contribution in [1.29, 1.82) is 0 Å². The first-order chi connectivity index (χ1) is 6.34. The standard InChI is InChI=1S/C11H12BrN/c12-9-3-4-10-8(5-9)6-13-11(10)7-1-2-7/h3-5,7,11,13H,1-2,6H2. The monoisotopic (exact) mass is 237 g/mol. The molecule has 13 heavy (non-hydrogen) atoms. The Hall–Kier alpha value is -0.340. The molecule has 1 atom stereocenters. The fourth-order valence-corrected chi connectivity index (χ4v) is 2.62. The fraction of sp³-hybridized carbons (Fsp3) is 0.455. The number of nitrogens with one attached hydrogen (secondary N) is 1. The van der Waals surface area contributed by atoms with Crippen LogP contribution in [0.5, 0.6) is 0 Å². The molecular formula is C11H12BrN. The molecule has 0 saturated heterocycles. The lowest BCUT2D eigenvalue weighted by Gasteiger charge is -2.09. The summed E-state index contributed by atoms with van der Waals surface area (Å²) in [5, 5.41) is 3.59. The van der Waals surface area contributed by atoms with Crippen molar-refractivity contribution in [3.8, 4) is 0 Å². The molecule has 1 saturated carbocycles. The van der Waals surface area contributed by atoms with Crippen molar-refractivity contribution < 1.29 is 0 Å². The molecule has 1 fully saturated rings. The summed E-state index contributed by atoms with van der Waals surface area (Å²) < 4.78 is 1.20. The molecule has 2 heteroatoms. The highest BCUT2D eigenvalue weighted by Gasteiger charge is 2.35. The summed E-state index contributed by atoms with van der Waals surface area (Å²) in [7, 11) is 0. The molecule has 0 amide bonds. The lowest BCUT2D eigenvalue weighted by Crippen LogP contribution is -2.13. The van der Waals surface area contributed by atoms with Crippen LogP contribution in [0.2, 0.25) is 0 Å². The number of fused-ring (bicyclic) bond motifs is 1. The second-order valence-electron chi connectivity index (χ2n) is 4.04. The molecule has 2 aliphatic rings. The van der Waals surface area contributed by atoms with Crippen LogP contribution >= 0.6 is 15.9 Å². The maximum atomic E-state index is 3.59. The number of rotatable bonds is 1. The average molecular weight is 238 g/mol. The van der Waals surface area contributed by atoms with E-state index < -0.39 is 0 Å². The minimum atomic E-state index is 0.656. The van der Waals surface area contributed by atoms with E-state index in [0.717, 1.165) is 12.5 Å². The van der Waals surface area contributed by atoms with Crippen LogP contribution in [0.25, 0.3) is 0 Å². The topological polar surface area (TPSA) is 12.0 Å². The SMILES string of the molecule is Brc1ccc2c(c1)CNC2C1CC1. The van der Waals surface area contributed by atoms with Crippen molar-refractivity contribution in [2.45, 2.75) is 25.4 Å². The largest absolute Gasteiger partial charge is 0.306 e. The van der Waals surface area contributed by atoms with E-state index in [2.05, 4.69) is 39.4 Å². The molecule has 1 N–H and O–H groups in total. The van der Waals surface area contributed by atoms with E-state index >= 15 is 0 Å². The number of hydrogen-bond donors (Lipinski definition) is 1. The predicted molar refractivity (Wildman–Crippen MR) is 56.4 cm³/mol. The Morgan fingerprint density at radius 2 is 2.15 bits per heavy atom. The van der Waals surface area contributed by atoms with Gasteiger partial charge in [-0.3, -0.25) is 0 Å². The highest BCUT2D eigenvalue weighted by Crippen LogP contribution is 2.44. The van der Waals surface area contributed by atoms with Crippen molar-refractivity contribution in [3.63, 3.8) is 0 Å². The van der Waals surface area contributed by atoms with Crippen LogP contribution in [0.4, 0.5) is 0 Å². The summed E-state index contributed by atoms with van der Waals surface area (Å²) in [4.78, 5) is 0. The molecule has 1 aliphatic carbocycles. The van der Waals surface area contributed by atoms with Crippen molar-refractivity contribution in [2.24, 2.45) is 5.92 Å². The third-order valence-electron chi connectivity index (χ3n) is 3.05. The van der Waals surface area contributed by atoms with Gasteiger partial charge in [-0.25, -0.2) is 0 Å². The van der Waals surface area contributed by atoms with E-state index in [4.69, 9.17) is 0 Å². The van der Waals surface area contributed by atoms with Gasteiger partial charge in [0.25, 0.3) is 0 Å². The quantitative estimate of drug-likeness (QED) is 0.793. The molecule has 1 heterocycles. The van der Waals surface area contributed by atoms with Gasteiger partial charge in [0.1, 0.15) is 0 Å². The van der Waals surface area contributed by atoms with Crippen molar-refractivity contribution in [1.82, 2.24) is 5.32 Å². The lowest BCUT2D eigenvalue weighted by molar-refractivity contribution is 0.523. The van der Waals surface area contributed by atoms with Crippen LogP contribution < -0.4 is 5.32 Å². The predicted octanol–water partition coefficient (Wildman–Crippen LogP) is 3.00. The van der Waals surface area contributed by atoms with E-state index in [9.17, 15) is 0 Å². The zero-order chi connectivity index (χ0) is 8.84. The Balaban J connectivity index is 2.01. The van der Waals surface area contributed by atoms with Gasteiger partial charge >= 0.3 is 0 Å². The highest BCUT2D eigenvalue weighted by atomic mass is 79.9. The summed E-state index contributed by atoms with van der Waals surface area (Å²) in [6.07, 6.45) is 2.82. The summed E-state index contributed by atoms with van der Waals surface area (Å²) in [6, 6.07) is 7.32. The van der Waals surface area contributed by atoms with E-state index in [0.29, 0.717) is 6.04 Å². The lowest BCUT2D eigenvalue weighted by atomic mass is 10.0. The summed E-state index contributed by atoms with van der Waals surface area (Å²) in [5.41, 5.74) is 3.01. The Labute approximate surface area is 86.7 Å². The maximum absolute atomic E-state index is 3.59. The highest BCUT2D eigenvalue weighted by molar-refractivity contribution is 9.10. The minimum absolute atomic E-state index is 0.656. The van der Waals surface area contributed by atoms with E-state index in [1.807, 2.05) is 0 Å². The second kappa shape index (κ2) is 2.82. The Kier molecular flexibility index (Phi) is 1.74. The summed E-state index contributed by atoms with van der Waals surface area (Å²) in [6.45, 7) is 1.05. The van der Waals surface area contributed by atoms with Crippen LogP contribution in [-0.2, 0) is 6.54 Å². The number of halogens is 1. The Bertz CT molecular complexity index is 344. The third-order valence-corrected chi connectivity index (χ3v) is 3.54. The first kappa shape index (κ1) is 8.01. The van der Waals surface area contributed by atoms with Crippen LogP contribution in [0, 0.1) is 5.92 Å². The van der Waals surface area contributed by atoms with Gasteiger partial charge in [-0.05, 0) is 42.0 Å². The number of hydrogen-bond acceptors (Lipinski definition) is 1. The van der Waals surface area contributed by atoms with Gasteiger partial charge in [0.05, 0.1) is 0 Å². The van der Waals surface area contributed by atoms with E-state index in [-0.39, 0.29) is 0 Å². The molecule has 1 aliphatic heterocycles. The molecule has 0 spiro atoms. The fourth-order valence-electron chi connectivity index (χ4n) is 2.21. The van der Waals surface area contributed by atoms with Gasteiger partial charge in [0.2, 0.25) is 0 Å². The number of benzene rings is 1.